The van der Waals surface area contributed by atoms with E-state index < -0.39 is 0 Å². The molecule has 1 atom stereocenters. The molecule has 2 heterocycles. The van der Waals surface area contributed by atoms with Gasteiger partial charge in [0, 0.05) is 45.7 Å². The number of carbonyl (C=O) groups excluding carboxylic acids is 1. The van der Waals surface area contributed by atoms with Gasteiger partial charge >= 0.3 is 0 Å². The van der Waals surface area contributed by atoms with Crippen LogP contribution in [0.4, 0.5) is 0 Å². The first kappa shape index (κ1) is 13.0. The monoisotopic (exact) mass is 249 g/mol. The number of piperazine rings is 1. The molecule has 1 amide bonds. The highest BCUT2D eigenvalue weighted by molar-refractivity contribution is 5.82. The van der Waals surface area contributed by atoms with E-state index in [1.807, 2.05) is 25.4 Å². The molecular formula is C13H19N3O2. The first-order chi connectivity index (χ1) is 8.72. The van der Waals surface area contributed by atoms with Crippen molar-refractivity contribution in [2.24, 2.45) is 0 Å². The molecule has 0 radical (unpaired) electrons. The number of carbonyl (C=O) groups is 1. The number of nitrogens with zero attached hydrogens (tertiary/aromatic N) is 3. The van der Waals surface area contributed by atoms with E-state index >= 15 is 0 Å². The van der Waals surface area contributed by atoms with Crippen LogP contribution < -0.4 is 0 Å². The second kappa shape index (κ2) is 5.93. The van der Waals surface area contributed by atoms with Gasteiger partial charge in [0.25, 0.3) is 0 Å². The van der Waals surface area contributed by atoms with Gasteiger partial charge in [0.15, 0.2) is 0 Å². The molecule has 1 N–H and O–H groups in total. The molecule has 1 saturated heterocycles. The number of aliphatic hydroxyl groups is 1. The SMILES string of the molecule is CN1CCN(Cc2cccnc2)C(CCO)C1=O. The highest BCUT2D eigenvalue weighted by Gasteiger charge is 2.32. The number of amides is 1. The maximum atomic E-state index is 12.1. The van der Waals surface area contributed by atoms with Crippen molar-refractivity contribution in [3.8, 4) is 0 Å². The number of likely N-dealkylation sites (N-methyl/N-ethyl adjacent to an activating group) is 1. The number of hydrogen-bond donors (Lipinski definition) is 1. The molecule has 0 aliphatic carbocycles. The molecule has 5 nitrogen and oxygen atoms in total. The van der Waals surface area contributed by atoms with Crippen LogP contribution in [0.15, 0.2) is 24.5 Å². The summed E-state index contributed by atoms with van der Waals surface area (Å²) in [6.45, 7) is 2.31. The molecule has 5 heteroatoms. The quantitative estimate of drug-likeness (QED) is 0.822. The van der Waals surface area contributed by atoms with Crippen molar-refractivity contribution in [3.05, 3.63) is 30.1 Å². The van der Waals surface area contributed by atoms with E-state index in [9.17, 15) is 4.79 Å². The van der Waals surface area contributed by atoms with Gasteiger partial charge in [-0.1, -0.05) is 6.07 Å². The lowest BCUT2D eigenvalue weighted by Gasteiger charge is -2.39. The van der Waals surface area contributed by atoms with Gasteiger partial charge in [-0.15, -0.1) is 0 Å². The summed E-state index contributed by atoms with van der Waals surface area (Å²) >= 11 is 0. The summed E-state index contributed by atoms with van der Waals surface area (Å²) in [7, 11) is 1.81. The van der Waals surface area contributed by atoms with Crippen LogP contribution in [-0.4, -0.2) is 58.6 Å². The second-order valence-electron chi connectivity index (χ2n) is 4.62. The summed E-state index contributed by atoms with van der Waals surface area (Å²) in [5.41, 5.74) is 1.10. The van der Waals surface area contributed by atoms with Crippen LogP contribution in [-0.2, 0) is 11.3 Å². The van der Waals surface area contributed by atoms with Gasteiger partial charge in [-0.2, -0.15) is 0 Å². The molecule has 1 unspecified atom stereocenters. The Hall–Kier alpha value is -1.46. The predicted octanol–water partition coefficient (Wildman–Crippen LogP) is 0.107. The third-order valence-electron chi connectivity index (χ3n) is 3.34. The van der Waals surface area contributed by atoms with Gasteiger partial charge in [0.2, 0.25) is 5.91 Å². The van der Waals surface area contributed by atoms with Crippen LogP contribution in [0, 0.1) is 0 Å². The maximum Gasteiger partial charge on any atom is 0.239 e. The molecule has 1 fully saturated rings. The highest BCUT2D eigenvalue weighted by Crippen LogP contribution is 2.16. The number of aliphatic hydroxyl groups excluding tert-OH is 1. The van der Waals surface area contributed by atoms with Gasteiger partial charge in [0.05, 0.1) is 6.04 Å². The molecular weight excluding hydrogens is 230 g/mol. The molecule has 0 saturated carbocycles. The van der Waals surface area contributed by atoms with Crippen LogP contribution in [0.5, 0.6) is 0 Å². The summed E-state index contributed by atoms with van der Waals surface area (Å²) in [5.74, 6) is 0.0965. The third kappa shape index (κ3) is 2.86. The van der Waals surface area contributed by atoms with Crippen molar-refractivity contribution in [2.45, 2.75) is 19.0 Å². The summed E-state index contributed by atoms with van der Waals surface area (Å²) < 4.78 is 0. The largest absolute Gasteiger partial charge is 0.396 e. The summed E-state index contributed by atoms with van der Waals surface area (Å²) in [5, 5.41) is 9.10. The van der Waals surface area contributed by atoms with Crippen molar-refractivity contribution >= 4 is 5.91 Å². The molecule has 2 rings (SSSR count). The Morgan fingerprint density at radius 3 is 3.00 bits per heavy atom. The Balaban J connectivity index is 2.08. The zero-order valence-electron chi connectivity index (χ0n) is 10.6. The highest BCUT2D eigenvalue weighted by atomic mass is 16.3. The third-order valence-corrected chi connectivity index (χ3v) is 3.34. The minimum atomic E-state index is -0.214. The topological polar surface area (TPSA) is 56.7 Å². The smallest absolute Gasteiger partial charge is 0.239 e. The van der Waals surface area contributed by atoms with E-state index in [2.05, 4.69) is 9.88 Å². The van der Waals surface area contributed by atoms with Gasteiger partial charge in [-0.05, 0) is 18.1 Å². The van der Waals surface area contributed by atoms with Crippen molar-refractivity contribution < 1.29 is 9.90 Å². The predicted molar refractivity (Wildman–Crippen MR) is 67.8 cm³/mol. The van der Waals surface area contributed by atoms with E-state index in [-0.39, 0.29) is 18.6 Å². The summed E-state index contributed by atoms with van der Waals surface area (Å²) in [6, 6.07) is 3.69. The lowest BCUT2D eigenvalue weighted by Crippen LogP contribution is -2.55. The molecule has 18 heavy (non-hydrogen) atoms. The zero-order valence-corrected chi connectivity index (χ0v) is 10.6. The fourth-order valence-corrected chi connectivity index (χ4v) is 2.30. The summed E-state index contributed by atoms with van der Waals surface area (Å²) in [4.78, 5) is 20.0. The zero-order chi connectivity index (χ0) is 13.0. The minimum Gasteiger partial charge on any atom is -0.396 e. The maximum absolute atomic E-state index is 12.1. The van der Waals surface area contributed by atoms with E-state index in [4.69, 9.17) is 5.11 Å². The molecule has 0 bridgehead atoms. The normalized spacial score (nSPS) is 21.3. The van der Waals surface area contributed by atoms with Gasteiger partial charge in [0.1, 0.15) is 0 Å². The Labute approximate surface area is 107 Å². The van der Waals surface area contributed by atoms with Crippen LogP contribution >= 0.6 is 0 Å². The van der Waals surface area contributed by atoms with Gasteiger partial charge in [-0.3, -0.25) is 14.7 Å². The van der Waals surface area contributed by atoms with Crippen LogP contribution in [0.1, 0.15) is 12.0 Å². The number of hydrogen-bond acceptors (Lipinski definition) is 4. The van der Waals surface area contributed by atoms with Crippen molar-refractivity contribution in [3.63, 3.8) is 0 Å². The van der Waals surface area contributed by atoms with Crippen LogP contribution in [0.2, 0.25) is 0 Å². The lowest BCUT2D eigenvalue weighted by atomic mass is 10.1. The van der Waals surface area contributed by atoms with E-state index in [0.717, 1.165) is 18.7 Å². The Morgan fingerprint density at radius 2 is 2.33 bits per heavy atom. The first-order valence-corrected chi connectivity index (χ1v) is 6.21. The average molecular weight is 249 g/mol. The molecule has 98 valence electrons. The standard InChI is InChI=1S/C13H19N3O2/c1-15-6-7-16(12(4-8-17)13(15)18)10-11-3-2-5-14-9-11/h2-3,5,9,12,17H,4,6-8,10H2,1H3. The molecule has 0 spiro atoms. The fraction of sp³-hybridized carbons (Fsp3) is 0.538. The van der Waals surface area contributed by atoms with Crippen LogP contribution in [0.25, 0.3) is 0 Å². The van der Waals surface area contributed by atoms with Crippen LogP contribution in [0.3, 0.4) is 0 Å². The minimum absolute atomic E-state index is 0.0355. The van der Waals surface area contributed by atoms with Crippen molar-refractivity contribution in [1.82, 2.24) is 14.8 Å². The molecule has 1 aliphatic heterocycles. The average Bonchev–Trinajstić information content (AvgIpc) is 2.39. The summed E-state index contributed by atoms with van der Waals surface area (Å²) in [6.07, 6.45) is 4.05. The Morgan fingerprint density at radius 1 is 1.50 bits per heavy atom. The van der Waals surface area contributed by atoms with E-state index in [1.54, 1.807) is 11.1 Å². The van der Waals surface area contributed by atoms with Crippen molar-refractivity contribution in [2.75, 3.05) is 26.7 Å². The number of rotatable bonds is 4. The van der Waals surface area contributed by atoms with Crippen molar-refractivity contribution in [1.29, 1.82) is 0 Å². The van der Waals surface area contributed by atoms with E-state index in [0.29, 0.717) is 13.0 Å². The molecule has 1 aromatic heterocycles. The van der Waals surface area contributed by atoms with E-state index in [1.165, 1.54) is 0 Å². The fourth-order valence-electron chi connectivity index (χ4n) is 2.30. The number of pyridine rings is 1. The lowest BCUT2D eigenvalue weighted by molar-refractivity contribution is -0.141. The Bertz CT molecular complexity index is 396. The van der Waals surface area contributed by atoms with Gasteiger partial charge < -0.3 is 10.0 Å². The molecule has 1 aromatic rings. The second-order valence-corrected chi connectivity index (χ2v) is 4.62. The Kier molecular flexibility index (Phi) is 4.28. The first-order valence-electron chi connectivity index (χ1n) is 6.21. The van der Waals surface area contributed by atoms with Gasteiger partial charge in [-0.25, -0.2) is 0 Å². The number of aromatic nitrogens is 1. The molecule has 1 aliphatic rings. The molecule has 0 aromatic carbocycles.